The first-order chi connectivity index (χ1) is 15.4. The van der Waals surface area contributed by atoms with Crippen molar-refractivity contribution in [1.82, 2.24) is 0 Å². The number of anilines is 2. The molecule has 8 heteroatoms. The summed E-state index contributed by atoms with van der Waals surface area (Å²) in [5.74, 6) is -2.66. The van der Waals surface area contributed by atoms with Gasteiger partial charge >= 0.3 is 0 Å². The quantitative estimate of drug-likeness (QED) is 0.581. The molecule has 0 fully saturated rings. The number of ether oxygens (including phenoxy) is 2. The molecule has 3 aromatic carbocycles. The van der Waals surface area contributed by atoms with Gasteiger partial charge in [-0.3, -0.25) is 9.59 Å². The Morgan fingerprint density at radius 3 is 2.19 bits per heavy atom. The average Bonchev–Trinajstić information content (AvgIpc) is 3.05. The smallest absolute Gasteiger partial charge is 0.282 e. The molecule has 1 heterocycles. The summed E-state index contributed by atoms with van der Waals surface area (Å²) >= 11 is 0. The van der Waals surface area contributed by atoms with E-state index in [0.717, 1.165) is 17.0 Å². The van der Waals surface area contributed by atoms with Crippen LogP contribution in [0.4, 0.5) is 20.2 Å². The second kappa shape index (κ2) is 8.50. The highest BCUT2D eigenvalue weighted by molar-refractivity contribution is 6.46. The lowest BCUT2D eigenvalue weighted by Gasteiger charge is -2.16. The van der Waals surface area contributed by atoms with Gasteiger partial charge in [0.1, 0.15) is 17.2 Å². The monoisotopic (exact) mass is 436 g/mol. The number of hydrogen-bond acceptors (Lipinski definition) is 5. The largest absolute Gasteiger partial charge is 0.497 e. The molecule has 0 saturated heterocycles. The Kier molecular flexibility index (Phi) is 5.59. The predicted molar refractivity (Wildman–Crippen MR) is 115 cm³/mol. The summed E-state index contributed by atoms with van der Waals surface area (Å²) in [5, 5.41) is 2.99. The zero-order valence-corrected chi connectivity index (χ0v) is 17.2. The normalized spacial score (nSPS) is 13.6. The fourth-order valence-corrected chi connectivity index (χ4v) is 3.42. The maximum atomic E-state index is 13.9. The van der Waals surface area contributed by atoms with Gasteiger partial charge in [0.2, 0.25) is 0 Å². The maximum Gasteiger partial charge on any atom is 0.282 e. The number of rotatable bonds is 6. The van der Waals surface area contributed by atoms with Gasteiger partial charge in [0.15, 0.2) is 11.6 Å². The molecule has 0 saturated carbocycles. The second-order valence-electron chi connectivity index (χ2n) is 6.85. The number of methoxy groups -OCH3 is 2. The van der Waals surface area contributed by atoms with Gasteiger partial charge in [-0.15, -0.1) is 0 Å². The Labute approximate surface area is 182 Å². The van der Waals surface area contributed by atoms with Crippen molar-refractivity contribution in [2.45, 2.75) is 0 Å². The first-order valence-electron chi connectivity index (χ1n) is 9.57. The van der Waals surface area contributed by atoms with Crippen LogP contribution in [0.2, 0.25) is 0 Å². The highest BCUT2D eigenvalue weighted by Gasteiger charge is 2.41. The van der Waals surface area contributed by atoms with Crippen LogP contribution in [0.15, 0.2) is 72.4 Å². The summed E-state index contributed by atoms with van der Waals surface area (Å²) in [7, 11) is 2.98. The van der Waals surface area contributed by atoms with Crippen molar-refractivity contribution in [2.75, 3.05) is 24.4 Å². The third kappa shape index (κ3) is 3.66. The molecule has 32 heavy (non-hydrogen) atoms. The molecule has 0 aromatic heterocycles. The molecule has 0 spiro atoms. The minimum atomic E-state index is -1.17. The van der Waals surface area contributed by atoms with E-state index in [2.05, 4.69) is 5.32 Å². The van der Waals surface area contributed by atoms with E-state index >= 15 is 0 Å². The summed E-state index contributed by atoms with van der Waals surface area (Å²) in [6.07, 6.45) is 0. The summed E-state index contributed by atoms with van der Waals surface area (Å²) in [4.78, 5) is 27.5. The number of carbonyl (C=O) groups is 2. The fourth-order valence-electron chi connectivity index (χ4n) is 3.42. The van der Waals surface area contributed by atoms with E-state index in [1.165, 1.54) is 20.3 Å². The summed E-state index contributed by atoms with van der Waals surface area (Å²) < 4.78 is 37.8. The minimum Gasteiger partial charge on any atom is -0.497 e. The van der Waals surface area contributed by atoms with Crippen LogP contribution in [0.5, 0.6) is 11.5 Å². The average molecular weight is 436 g/mol. The third-order valence-electron chi connectivity index (χ3n) is 4.98. The van der Waals surface area contributed by atoms with E-state index in [0.29, 0.717) is 22.7 Å². The Bertz CT molecular complexity index is 1240. The predicted octanol–water partition coefficient (Wildman–Crippen LogP) is 4.38. The van der Waals surface area contributed by atoms with Crippen LogP contribution >= 0.6 is 0 Å². The van der Waals surface area contributed by atoms with Crippen LogP contribution in [0.3, 0.4) is 0 Å². The van der Waals surface area contributed by atoms with Crippen molar-refractivity contribution >= 4 is 28.8 Å². The molecule has 0 bridgehead atoms. The van der Waals surface area contributed by atoms with Gasteiger partial charge in [-0.25, -0.2) is 13.7 Å². The highest BCUT2D eigenvalue weighted by atomic mass is 19.2. The number of amides is 2. The minimum absolute atomic E-state index is 0.0191. The van der Waals surface area contributed by atoms with E-state index in [9.17, 15) is 18.4 Å². The first kappa shape index (κ1) is 21.0. The van der Waals surface area contributed by atoms with Crippen molar-refractivity contribution in [3.8, 4) is 11.5 Å². The van der Waals surface area contributed by atoms with Gasteiger partial charge in [0.25, 0.3) is 11.8 Å². The van der Waals surface area contributed by atoms with Crippen molar-refractivity contribution < 1.29 is 27.8 Å². The molecular weight excluding hydrogens is 418 g/mol. The zero-order valence-electron chi connectivity index (χ0n) is 17.2. The molecule has 6 nitrogen and oxygen atoms in total. The SMILES string of the molecule is COc1ccc(NC2=C(c3ccccc3OC)C(=O)N(c3ccc(F)c(F)c3)C2=O)cc1. The summed E-state index contributed by atoms with van der Waals surface area (Å²) in [6.45, 7) is 0. The molecule has 2 amide bonds. The molecule has 4 rings (SSSR count). The number of halogens is 2. The van der Waals surface area contributed by atoms with Crippen LogP contribution in [0, 0.1) is 11.6 Å². The van der Waals surface area contributed by atoms with E-state index in [1.807, 2.05) is 0 Å². The van der Waals surface area contributed by atoms with Crippen molar-refractivity contribution in [2.24, 2.45) is 0 Å². The Morgan fingerprint density at radius 2 is 1.53 bits per heavy atom. The molecule has 0 aliphatic carbocycles. The van der Waals surface area contributed by atoms with E-state index < -0.39 is 23.4 Å². The Balaban J connectivity index is 1.84. The maximum absolute atomic E-state index is 13.9. The Morgan fingerprint density at radius 1 is 0.812 bits per heavy atom. The number of para-hydroxylation sites is 1. The third-order valence-corrected chi connectivity index (χ3v) is 4.98. The van der Waals surface area contributed by atoms with Gasteiger partial charge < -0.3 is 14.8 Å². The van der Waals surface area contributed by atoms with E-state index in [-0.39, 0.29) is 17.0 Å². The molecule has 0 atom stereocenters. The summed E-state index contributed by atoms with van der Waals surface area (Å²) in [6, 6.07) is 16.3. The van der Waals surface area contributed by atoms with Crippen molar-refractivity contribution in [1.29, 1.82) is 0 Å². The van der Waals surface area contributed by atoms with Crippen LogP contribution in [0.1, 0.15) is 5.56 Å². The lowest BCUT2D eigenvalue weighted by Crippen LogP contribution is -2.32. The van der Waals surface area contributed by atoms with Crippen LogP contribution in [-0.4, -0.2) is 26.0 Å². The van der Waals surface area contributed by atoms with Crippen LogP contribution in [-0.2, 0) is 9.59 Å². The zero-order chi connectivity index (χ0) is 22.8. The highest BCUT2D eigenvalue weighted by Crippen LogP contribution is 2.37. The van der Waals surface area contributed by atoms with Crippen LogP contribution in [0.25, 0.3) is 5.57 Å². The first-order valence-corrected chi connectivity index (χ1v) is 9.57. The number of nitrogens with one attached hydrogen (secondary N) is 1. The molecule has 0 unspecified atom stereocenters. The van der Waals surface area contributed by atoms with E-state index in [4.69, 9.17) is 9.47 Å². The Hall–Kier alpha value is -4.20. The standard InChI is InChI=1S/C24H18F2N2O4/c1-31-16-10-7-14(8-11-16)27-22-21(17-5-3-4-6-20(17)32-2)23(29)28(24(22)30)15-9-12-18(25)19(26)13-15/h3-13,27H,1-2H3. The summed E-state index contributed by atoms with van der Waals surface area (Å²) in [5.41, 5.74) is 0.858. The lowest BCUT2D eigenvalue weighted by atomic mass is 10.0. The number of hydrogen-bond donors (Lipinski definition) is 1. The van der Waals surface area contributed by atoms with Crippen molar-refractivity contribution in [3.63, 3.8) is 0 Å². The van der Waals surface area contributed by atoms with Gasteiger partial charge in [-0.2, -0.15) is 0 Å². The number of imide groups is 1. The van der Waals surface area contributed by atoms with Crippen molar-refractivity contribution in [3.05, 3.63) is 89.6 Å². The van der Waals surface area contributed by atoms with E-state index in [1.54, 1.807) is 48.5 Å². The number of carbonyl (C=O) groups excluding carboxylic acids is 2. The van der Waals surface area contributed by atoms with Gasteiger partial charge in [-0.1, -0.05) is 18.2 Å². The molecule has 1 N–H and O–H groups in total. The number of benzene rings is 3. The van der Waals surface area contributed by atoms with Crippen LogP contribution < -0.4 is 19.7 Å². The van der Waals surface area contributed by atoms with Gasteiger partial charge in [0.05, 0.1) is 25.5 Å². The molecular formula is C24H18F2N2O4. The van der Waals surface area contributed by atoms with Gasteiger partial charge in [-0.05, 0) is 42.5 Å². The topological polar surface area (TPSA) is 67.9 Å². The fraction of sp³-hybridized carbons (Fsp3) is 0.0833. The molecule has 3 aromatic rings. The lowest BCUT2D eigenvalue weighted by molar-refractivity contribution is -0.120. The molecule has 162 valence electrons. The van der Waals surface area contributed by atoms with Gasteiger partial charge in [0, 0.05) is 17.3 Å². The number of nitrogens with zero attached hydrogens (tertiary/aromatic N) is 1. The molecule has 0 radical (unpaired) electrons. The molecule has 1 aliphatic rings. The second-order valence-corrected chi connectivity index (χ2v) is 6.85. The molecule has 1 aliphatic heterocycles.